The van der Waals surface area contributed by atoms with Gasteiger partial charge in [0.1, 0.15) is 6.73 Å². The summed E-state index contributed by atoms with van der Waals surface area (Å²) in [6.07, 6.45) is 0. The van der Waals surface area contributed by atoms with Crippen LogP contribution < -0.4 is 0 Å². The second-order valence-electron chi connectivity index (χ2n) is 0.770. The molecule has 0 aliphatic carbocycles. The number of rotatable bonds is 3. The summed E-state index contributed by atoms with van der Waals surface area (Å²) in [4.78, 5) is 10.2. The number of nitrogens with zero attached hydrogens (tertiary/aromatic N) is 3. The van der Waals surface area contributed by atoms with Crippen molar-refractivity contribution in [2.45, 2.75) is 0 Å². The van der Waals surface area contributed by atoms with Crippen LogP contribution in [0.15, 0.2) is 5.11 Å². The highest BCUT2D eigenvalue weighted by Gasteiger charge is 1.84. The van der Waals surface area contributed by atoms with E-state index in [1.807, 2.05) is 0 Å². The monoisotopic (exact) mass is 137 g/mol. The van der Waals surface area contributed by atoms with Crippen molar-refractivity contribution < 1.29 is 14.0 Å². The van der Waals surface area contributed by atoms with Crippen molar-refractivity contribution in [3.05, 3.63) is 10.4 Å². The highest BCUT2D eigenvalue weighted by Crippen LogP contribution is 2.12. The first-order valence-electron chi connectivity index (χ1n) is 1.64. The van der Waals surface area contributed by atoms with E-state index < -0.39 is 8.25 Å². The van der Waals surface area contributed by atoms with Crippen LogP contribution >= 0.6 is 8.25 Å². The van der Waals surface area contributed by atoms with Crippen LogP contribution in [0.3, 0.4) is 0 Å². The maximum Gasteiger partial charge on any atom is 0.316 e. The summed E-state index contributed by atoms with van der Waals surface area (Å²) in [5.41, 5.74) is 7.59. The van der Waals surface area contributed by atoms with Gasteiger partial charge in [-0.1, -0.05) is 5.11 Å². The molecular weight excluding hydrogens is 133 g/mol. The van der Waals surface area contributed by atoms with Crippen molar-refractivity contribution in [2.24, 2.45) is 5.11 Å². The fourth-order valence-corrected chi connectivity index (χ4v) is 0.278. The average molecular weight is 137 g/mol. The molecule has 7 heteroatoms. The van der Waals surface area contributed by atoms with Crippen molar-refractivity contribution >= 4 is 8.25 Å². The Hall–Kier alpha value is -0.540. The third-order valence-electron chi connectivity index (χ3n) is 0.309. The summed E-state index contributed by atoms with van der Waals surface area (Å²) in [7, 11) is -2.92. The van der Waals surface area contributed by atoms with Gasteiger partial charge in [0.2, 0.25) is 0 Å². The molecule has 1 N–H and O–H groups in total. The predicted molar refractivity (Wildman–Crippen MR) is 26.3 cm³/mol. The van der Waals surface area contributed by atoms with E-state index in [-0.39, 0.29) is 6.73 Å². The van der Waals surface area contributed by atoms with E-state index >= 15 is 0 Å². The van der Waals surface area contributed by atoms with E-state index in [0.717, 1.165) is 0 Å². The van der Waals surface area contributed by atoms with Crippen molar-refractivity contribution in [1.29, 1.82) is 0 Å². The molecule has 0 heterocycles. The van der Waals surface area contributed by atoms with Gasteiger partial charge in [0.25, 0.3) is 0 Å². The lowest BCUT2D eigenvalue weighted by Crippen LogP contribution is -1.75. The average Bonchev–Trinajstić information content (AvgIpc) is 1.66. The Kier molecular flexibility index (Phi) is 4.30. The van der Waals surface area contributed by atoms with Gasteiger partial charge in [0, 0.05) is 4.91 Å². The Bertz CT molecular complexity index is 126. The van der Waals surface area contributed by atoms with Crippen LogP contribution in [0.4, 0.5) is 0 Å². The molecule has 0 aromatic heterocycles. The van der Waals surface area contributed by atoms with E-state index in [2.05, 4.69) is 14.5 Å². The van der Waals surface area contributed by atoms with E-state index in [1.54, 1.807) is 0 Å². The van der Waals surface area contributed by atoms with Gasteiger partial charge in [-0.2, -0.15) is 0 Å². The van der Waals surface area contributed by atoms with Crippen LogP contribution in [-0.4, -0.2) is 11.6 Å². The Morgan fingerprint density at radius 2 is 2.62 bits per heavy atom. The van der Waals surface area contributed by atoms with Gasteiger partial charge in [-0.3, -0.25) is 4.57 Å². The third kappa shape index (κ3) is 5.46. The van der Waals surface area contributed by atoms with Gasteiger partial charge < -0.3 is 9.42 Å². The zero-order valence-corrected chi connectivity index (χ0v) is 4.81. The summed E-state index contributed by atoms with van der Waals surface area (Å²) in [6.45, 7) is -0.384. The predicted octanol–water partition coefficient (Wildman–Crippen LogP) is 0.653. The molecule has 1 unspecified atom stereocenters. The lowest BCUT2D eigenvalue weighted by molar-refractivity contribution is 0.290. The first-order valence-corrected chi connectivity index (χ1v) is 2.90. The van der Waals surface area contributed by atoms with Crippen molar-refractivity contribution in [3.63, 3.8) is 0 Å². The molecule has 0 aliphatic rings. The molecule has 0 saturated heterocycles. The minimum Gasteiger partial charge on any atom is -0.326 e. The van der Waals surface area contributed by atoms with Crippen LogP contribution in [-0.2, 0) is 9.09 Å². The molecule has 0 saturated carbocycles. The Labute approximate surface area is 45.7 Å². The van der Waals surface area contributed by atoms with E-state index in [0.29, 0.717) is 0 Å². The molecule has 1 atom stereocenters. The van der Waals surface area contributed by atoms with Gasteiger partial charge in [0.05, 0.1) is 0 Å². The molecule has 0 aliphatic heterocycles. The largest absolute Gasteiger partial charge is 0.326 e. The minimum atomic E-state index is -2.92. The molecule has 6 nitrogen and oxygen atoms in total. The van der Waals surface area contributed by atoms with E-state index in [1.165, 1.54) is 0 Å². The van der Waals surface area contributed by atoms with Gasteiger partial charge >= 0.3 is 8.25 Å². The standard InChI is InChI=1S/CH4N3O3P/c2-4-3-1-7-8(5)6/h8H,1H2,(H,5,6). The zero-order chi connectivity index (χ0) is 6.41. The summed E-state index contributed by atoms with van der Waals surface area (Å²) in [5, 5.41) is 2.84. The lowest BCUT2D eigenvalue weighted by atomic mass is 11.4. The molecule has 0 bridgehead atoms. The second kappa shape index (κ2) is 4.61. The van der Waals surface area contributed by atoms with Crippen molar-refractivity contribution in [1.82, 2.24) is 0 Å². The third-order valence-corrected chi connectivity index (χ3v) is 0.685. The molecule has 0 amide bonds. The lowest BCUT2D eigenvalue weighted by Gasteiger charge is -1.87. The normalized spacial score (nSPS) is 12.1. The molecule has 0 aromatic rings. The van der Waals surface area contributed by atoms with E-state index in [9.17, 15) is 4.57 Å². The summed E-state index contributed by atoms with van der Waals surface area (Å²) in [6, 6.07) is 0. The Balaban J connectivity index is 3.18. The Morgan fingerprint density at radius 3 is 3.00 bits per heavy atom. The van der Waals surface area contributed by atoms with Gasteiger partial charge in [-0.25, -0.2) is 0 Å². The van der Waals surface area contributed by atoms with Crippen LogP contribution in [0.25, 0.3) is 10.4 Å². The molecule has 8 heavy (non-hydrogen) atoms. The topological polar surface area (TPSA) is 95.3 Å². The quantitative estimate of drug-likeness (QED) is 0.267. The summed E-state index contributed by atoms with van der Waals surface area (Å²) < 4.78 is 13.6. The molecule has 0 fully saturated rings. The second-order valence-corrected chi connectivity index (χ2v) is 1.59. The first kappa shape index (κ1) is 7.46. The maximum absolute atomic E-state index is 9.65. The molecular formula is CH4N3O3P. The van der Waals surface area contributed by atoms with Crippen LogP contribution in [0.1, 0.15) is 0 Å². The van der Waals surface area contributed by atoms with Gasteiger partial charge in [-0.15, -0.1) is 0 Å². The SMILES string of the molecule is [N-]=[N+]=NCO[PH](=O)O. The fraction of sp³-hybridized carbons (Fsp3) is 1.00. The molecule has 0 radical (unpaired) electrons. The van der Waals surface area contributed by atoms with Crippen LogP contribution in [0, 0.1) is 0 Å². The first-order chi connectivity index (χ1) is 3.77. The van der Waals surface area contributed by atoms with E-state index in [4.69, 9.17) is 10.4 Å². The smallest absolute Gasteiger partial charge is 0.316 e. The molecule has 0 rings (SSSR count). The number of hydrogen-bond donors (Lipinski definition) is 1. The van der Waals surface area contributed by atoms with Crippen molar-refractivity contribution in [3.8, 4) is 0 Å². The highest BCUT2D eigenvalue weighted by atomic mass is 31.1. The molecule has 0 aromatic carbocycles. The van der Waals surface area contributed by atoms with Gasteiger partial charge in [0.15, 0.2) is 0 Å². The van der Waals surface area contributed by atoms with Crippen LogP contribution in [0.2, 0.25) is 0 Å². The number of azide groups is 1. The molecule has 46 valence electrons. The maximum atomic E-state index is 9.65. The summed E-state index contributed by atoms with van der Waals surface area (Å²) in [5.74, 6) is 0. The fourth-order valence-electron chi connectivity index (χ4n) is 0.110. The summed E-state index contributed by atoms with van der Waals surface area (Å²) >= 11 is 0. The highest BCUT2D eigenvalue weighted by molar-refractivity contribution is 7.32. The molecule has 0 spiro atoms. The minimum absolute atomic E-state index is 0.384. The zero-order valence-electron chi connectivity index (χ0n) is 3.81. The Morgan fingerprint density at radius 1 is 2.00 bits per heavy atom. The van der Waals surface area contributed by atoms with Crippen LogP contribution in [0.5, 0.6) is 0 Å². The van der Waals surface area contributed by atoms with Crippen molar-refractivity contribution in [2.75, 3.05) is 6.73 Å². The number of hydrogen-bond acceptors (Lipinski definition) is 3. The van der Waals surface area contributed by atoms with Gasteiger partial charge in [-0.05, 0) is 5.53 Å².